The Morgan fingerprint density at radius 3 is 2.31 bits per heavy atom. The van der Waals surface area contributed by atoms with Gasteiger partial charge in [0.2, 0.25) is 5.78 Å². The van der Waals surface area contributed by atoms with E-state index in [2.05, 4.69) is 5.32 Å². The first-order valence-corrected chi connectivity index (χ1v) is 9.97. The number of hydrogen-bond acceptors (Lipinski definition) is 10. The van der Waals surface area contributed by atoms with E-state index in [1.807, 2.05) is 0 Å². The van der Waals surface area contributed by atoms with Crippen LogP contribution in [0.5, 0.6) is 11.5 Å². The molecule has 3 aromatic rings. The summed E-state index contributed by atoms with van der Waals surface area (Å²) in [4.78, 5) is 62.3. The Morgan fingerprint density at radius 2 is 1.71 bits per heavy atom. The van der Waals surface area contributed by atoms with Crippen molar-refractivity contribution < 1.29 is 33.0 Å². The first-order chi connectivity index (χ1) is 16.6. The second-order valence-electron chi connectivity index (χ2n) is 7.15. The molecule has 0 atom stereocenters. The summed E-state index contributed by atoms with van der Waals surface area (Å²) in [6, 6.07) is 5.52. The Kier molecular flexibility index (Phi) is 7.08. The lowest BCUT2D eigenvalue weighted by molar-refractivity contribution is 0.0475. The second kappa shape index (κ2) is 9.99. The maximum absolute atomic E-state index is 12.9. The Morgan fingerprint density at radius 1 is 1.06 bits per heavy atom. The Balaban J connectivity index is 1.91. The molecule has 3 N–H and O–H groups in total. The van der Waals surface area contributed by atoms with E-state index in [0.29, 0.717) is 4.57 Å². The number of carbonyl (C=O) groups is 3. The van der Waals surface area contributed by atoms with Crippen LogP contribution in [0.25, 0.3) is 0 Å². The molecule has 184 valence electrons. The molecule has 35 heavy (non-hydrogen) atoms. The third kappa shape index (κ3) is 4.78. The Labute approximate surface area is 197 Å². The SMILES string of the molecule is COc1cc(NC(=O)c2ccco2)c(C(=O)OCC(=O)c2c(N)n(C)c(=O)n(C)c2=O)cc1OC. The number of Topliss-reactive ketones (excluding diaryl/α,β-unsaturated/α-hetero) is 1. The number of rotatable bonds is 8. The quantitative estimate of drug-likeness (QED) is 0.338. The highest BCUT2D eigenvalue weighted by Crippen LogP contribution is 2.34. The molecule has 0 saturated carbocycles. The summed E-state index contributed by atoms with van der Waals surface area (Å²) in [6.45, 7) is -0.865. The number of nitrogens with zero attached hydrogens (tertiary/aromatic N) is 2. The number of ether oxygens (including phenoxy) is 3. The predicted octanol–water partition coefficient (Wildman–Crippen LogP) is 0.568. The highest BCUT2D eigenvalue weighted by Gasteiger charge is 2.24. The minimum Gasteiger partial charge on any atom is -0.493 e. The van der Waals surface area contributed by atoms with E-state index in [1.165, 1.54) is 58.8 Å². The minimum absolute atomic E-state index is 0.0148. The first-order valence-electron chi connectivity index (χ1n) is 9.97. The van der Waals surface area contributed by atoms with Crippen LogP contribution < -0.4 is 31.8 Å². The predicted molar refractivity (Wildman–Crippen MR) is 122 cm³/mol. The molecule has 0 bridgehead atoms. The van der Waals surface area contributed by atoms with Gasteiger partial charge in [-0.1, -0.05) is 0 Å². The summed E-state index contributed by atoms with van der Waals surface area (Å²) in [6.07, 6.45) is 1.31. The lowest BCUT2D eigenvalue weighted by atomic mass is 10.1. The number of amides is 1. The van der Waals surface area contributed by atoms with Crippen molar-refractivity contribution in [3.8, 4) is 11.5 Å². The van der Waals surface area contributed by atoms with Gasteiger partial charge in [-0.15, -0.1) is 0 Å². The number of aromatic nitrogens is 2. The zero-order chi connectivity index (χ0) is 25.9. The lowest BCUT2D eigenvalue weighted by Gasteiger charge is -2.15. The maximum Gasteiger partial charge on any atom is 0.340 e. The number of furan rings is 1. The van der Waals surface area contributed by atoms with Crippen LogP contribution in [0.3, 0.4) is 0 Å². The molecule has 0 aliphatic rings. The highest BCUT2D eigenvalue weighted by molar-refractivity contribution is 6.08. The number of nitrogens with two attached hydrogens (primary N) is 1. The fourth-order valence-corrected chi connectivity index (χ4v) is 3.15. The summed E-state index contributed by atoms with van der Waals surface area (Å²) in [5.41, 5.74) is 3.44. The van der Waals surface area contributed by atoms with Crippen LogP contribution in [0.4, 0.5) is 11.5 Å². The van der Waals surface area contributed by atoms with Gasteiger partial charge in [0, 0.05) is 26.2 Å². The smallest absolute Gasteiger partial charge is 0.340 e. The van der Waals surface area contributed by atoms with Gasteiger partial charge < -0.3 is 29.7 Å². The van der Waals surface area contributed by atoms with E-state index in [9.17, 15) is 24.0 Å². The molecule has 2 aromatic heterocycles. The number of esters is 1. The van der Waals surface area contributed by atoms with Crippen molar-refractivity contribution in [3.63, 3.8) is 0 Å². The Hall–Kier alpha value is -4.81. The fraction of sp³-hybridized carbons (Fsp3) is 0.227. The Bertz CT molecular complexity index is 1420. The van der Waals surface area contributed by atoms with Crippen molar-refractivity contribution in [1.29, 1.82) is 0 Å². The van der Waals surface area contributed by atoms with Crippen molar-refractivity contribution in [3.05, 3.63) is 68.3 Å². The molecule has 13 heteroatoms. The summed E-state index contributed by atoms with van der Waals surface area (Å²) in [7, 11) is 5.18. The zero-order valence-electron chi connectivity index (χ0n) is 19.2. The molecule has 0 aliphatic heterocycles. The largest absolute Gasteiger partial charge is 0.493 e. The van der Waals surface area contributed by atoms with Crippen LogP contribution in [0.1, 0.15) is 31.3 Å². The fourth-order valence-electron chi connectivity index (χ4n) is 3.15. The number of nitrogen functional groups attached to an aromatic ring is 1. The average Bonchev–Trinajstić information content (AvgIpc) is 3.40. The monoisotopic (exact) mass is 486 g/mol. The minimum atomic E-state index is -1.02. The summed E-state index contributed by atoms with van der Waals surface area (Å²) >= 11 is 0. The maximum atomic E-state index is 12.9. The van der Waals surface area contributed by atoms with E-state index in [-0.39, 0.29) is 34.3 Å². The van der Waals surface area contributed by atoms with Crippen molar-refractivity contribution in [2.75, 3.05) is 31.9 Å². The molecule has 3 rings (SSSR count). The molecule has 1 aromatic carbocycles. The van der Waals surface area contributed by atoms with E-state index in [0.717, 1.165) is 4.57 Å². The van der Waals surface area contributed by atoms with Crippen molar-refractivity contribution in [1.82, 2.24) is 9.13 Å². The molecule has 0 aliphatic carbocycles. The summed E-state index contributed by atoms with van der Waals surface area (Å²) in [5.74, 6) is -2.63. The summed E-state index contributed by atoms with van der Waals surface area (Å²) in [5, 5.41) is 2.51. The van der Waals surface area contributed by atoms with E-state index in [1.54, 1.807) is 0 Å². The van der Waals surface area contributed by atoms with Gasteiger partial charge in [0.05, 0.1) is 31.7 Å². The highest BCUT2D eigenvalue weighted by atomic mass is 16.5. The second-order valence-corrected chi connectivity index (χ2v) is 7.15. The van der Waals surface area contributed by atoms with Crippen LogP contribution in [0.2, 0.25) is 0 Å². The van der Waals surface area contributed by atoms with Gasteiger partial charge in [-0.05, 0) is 12.1 Å². The normalized spacial score (nSPS) is 10.5. The van der Waals surface area contributed by atoms with Gasteiger partial charge in [0.1, 0.15) is 11.4 Å². The number of hydrogen-bond donors (Lipinski definition) is 2. The molecule has 0 unspecified atom stereocenters. The van der Waals surface area contributed by atoms with Crippen LogP contribution in [0, 0.1) is 0 Å². The molecule has 13 nitrogen and oxygen atoms in total. The topological polar surface area (TPSA) is 174 Å². The van der Waals surface area contributed by atoms with Gasteiger partial charge in [-0.3, -0.25) is 23.5 Å². The number of benzene rings is 1. The van der Waals surface area contributed by atoms with Crippen molar-refractivity contribution in [2.45, 2.75) is 0 Å². The number of ketones is 1. The number of anilines is 2. The van der Waals surface area contributed by atoms with E-state index < -0.39 is 41.1 Å². The molecule has 1 amide bonds. The molecule has 0 fully saturated rings. The zero-order valence-corrected chi connectivity index (χ0v) is 19.2. The van der Waals surface area contributed by atoms with Crippen LogP contribution in [-0.4, -0.2) is 47.6 Å². The van der Waals surface area contributed by atoms with Crippen LogP contribution in [0.15, 0.2) is 44.5 Å². The molecule has 0 radical (unpaired) electrons. The van der Waals surface area contributed by atoms with Crippen molar-refractivity contribution >= 4 is 29.2 Å². The standard InChI is InChI=1S/C22H22N4O9/c1-25-18(23)17(20(29)26(2)22(25)31)13(27)10-35-21(30)11-8-15(32-3)16(33-4)9-12(11)24-19(28)14-6-5-7-34-14/h5-9H,10,23H2,1-4H3,(H,24,28). The van der Waals surface area contributed by atoms with Gasteiger partial charge in [-0.25, -0.2) is 9.59 Å². The van der Waals surface area contributed by atoms with E-state index in [4.69, 9.17) is 24.4 Å². The molecular formula is C22H22N4O9. The average molecular weight is 486 g/mol. The van der Waals surface area contributed by atoms with Crippen LogP contribution >= 0.6 is 0 Å². The molecule has 2 heterocycles. The van der Waals surface area contributed by atoms with Crippen LogP contribution in [-0.2, 0) is 18.8 Å². The van der Waals surface area contributed by atoms with Crippen molar-refractivity contribution in [2.24, 2.45) is 14.1 Å². The van der Waals surface area contributed by atoms with E-state index >= 15 is 0 Å². The third-order valence-corrected chi connectivity index (χ3v) is 5.06. The molecular weight excluding hydrogens is 464 g/mol. The molecule has 0 spiro atoms. The van der Waals surface area contributed by atoms with Gasteiger partial charge >= 0.3 is 11.7 Å². The van der Waals surface area contributed by atoms with Gasteiger partial charge in [0.15, 0.2) is 23.9 Å². The number of carbonyl (C=O) groups excluding carboxylic acids is 3. The number of nitrogens with one attached hydrogen (secondary N) is 1. The first kappa shape index (κ1) is 24.8. The summed E-state index contributed by atoms with van der Waals surface area (Å²) < 4.78 is 22.2. The van der Waals surface area contributed by atoms with Gasteiger partial charge in [0.25, 0.3) is 11.5 Å². The third-order valence-electron chi connectivity index (χ3n) is 5.06. The lowest BCUT2D eigenvalue weighted by Crippen LogP contribution is -2.42. The molecule has 0 saturated heterocycles. The van der Waals surface area contributed by atoms with Gasteiger partial charge in [-0.2, -0.15) is 0 Å². The number of methoxy groups -OCH3 is 2.